The molecule has 0 bridgehead atoms. The molecule has 0 aliphatic carbocycles. The summed E-state index contributed by atoms with van der Waals surface area (Å²) in [5, 5.41) is 11.8. The van der Waals surface area contributed by atoms with E-state index in [0.29, 0.717) is 0 Å². The molecule has 1 heterocycles. The highest BCUT2D eigenvalue weighted by molar-refractivity contribution is 7.13. The van der Waals surface area contributed by atoms with Crippen molar-refractivity contribution in [3.8, 4) is 10.6 Å². The number of aromatic nitrogens is 1. The van der Waals surface area contributed by atoms with E-state index in [0.717, 1.165) is 21.8 Å². The van der Waals surface area contributed by atoms with Gasteiger partial charge < -0.3 is 5.11 Å². The van der Waals surface area contributed by atoms with Crippen LogP contribution < -0.4 is 0 Å². The van der Waals surface area contributed by atoms with Crippen molar-refractivity contribution in [2.45, 2.75) is 12.8 Å². The van der Waals surface area contributed by atoms with Crippen molar-refractivity contribution >= 4 is 23.4 Å². The van der Waals surface area contributed by atoms with Crippen LogP contribution in [-0.4, -0.2) is 16.1 Å². The van der Waals surface area contributed by atoms with Crippen LogP contribution in [0.2, 0.25) is 0 Å². The van der Waals surface area contributed by atoms with Gasteiger partial charge in [-0.1, -0.05) is 30.8 Å². The molecule has 0 radical (unpaired) electrons. The second-order valence-corrected chi connectivity index (χ2v) is 4.82. The van der Waals surface area contributed by atoms with Crippen molar-refractivity contribution < 1.29 is 9.90 Å². The van der Waals surface area contributed by atoms with E-state index in [-0.39, 0.29) is 0 Å². The smallest absolute Gasteiger partial charge is 0.310 e. The van der Waals surface area contributed by atoms with Crippen molar-refractivity contribution in [2.75, 3.05) is 0 Å². The number of carboxylic acids is 1. The fraction of sp³-hybridized carbons (Fsp3) is 0.143. The van der Waals surface area contributed by atoms with Crippen LogP contribution in [0.4, 0.5) is 0 Å². The largest absolute Gasteiger partial charge is 0.481 e. The first-order valence-electron chi connectivity index (χ1n) is 5.53. The molecule has 92 valence electrons. The molecule has 0 saturated carbocycles. The molecule has 1 aromatic carbocycles. The molecule has 4 heteroatoms. The quantitative estimate of drug-likeness (QED) is 0.912. The van der Waals surface area contributed by atoms with Crippen LogP contribution in [0.15, 0.2) is 36.2 Å². The summed E-state index contributed by atoms with van der Waals surface area (Å²) in [5.74, 6) is -1.30. The van der Waals surface area contributed by atoms with E-state index in [1.54, 1.807) is 24.3 Å². The van der Waals surface area contributed by atoms with Crippen LogP contribution >= 0.6 is 11.3 Å². The van der Waals surface area contributed by atoms with Gasteiger partial charge in [0.2, 0.25) is 0 Å². The molecule has 1 aromatic heterocycles. The monoisotopic (exact) mass is 259 g/mol. The molecule has 0 saturated heterocycles. The summed E-state index contributed by atoms with van der Waals surface area (Å²) in [4.78, 5) is 15.3. The van der Waals surface area contributed by atoms with Gasteiger partial charge in [0.05, 0.1) is 11.6 Å². The molecule has 2 rings (SSSR count). The zero-order valence-corrected chi connectivity index (χ0v) is 10.8. The molecule has 1 N–H and O–H groups in total. The van der Waals surface area contributed by atoms with E-state index < -0.39 is 11.9 Å². The van der Waals surface area contributed by atoms with Crippen LogP contribution in [0.1, 0.15) is 24.1 Å². The minimum atomic E-state index is -0.814. The number of aliphatic carboxylic acids is 1. The van der Waals surface area contributed by atoms with Crippen molar-refractivity contribution in [1.29, 1.82) is 0 Å². The Balaban J connectivity index is 2.27. The molecule has 0 spiro atoms. The number of benzene rings is 1. The lowest BCUT2D eigenvalue weighted by molar-refractivity contribution is -0.138. The van der Waals surface area contributed by atoms with E-state index in [9.17, 15) is 4.79 Å². The van der Waals surface area contributed by atoms with Crippen LogP contribution in [0.3, 0.4) is 0 Å². The summed E-state index contributed by atoms with van der Waals surface area (Å²) in [6.45, 7) is 5.35. The van der Waals surface area contributed by atoms with Gasteiger partial charge in [-0.15, -0.1) is 11.3 Å². The highest BCUT2D eigenvalue weighted by Crippen LogP contribution is 2.26. The Morgan fingerprint density at radius 1 is 1.44 bits per heavy atom. The van der Waals surface area contributed by atoms with Crippen LogP contribution in [0.25, 0.3) is 16.6 Å². The first-order chi connectivity index (χ1) is 8.61. The zero-order valence-electron chi connectivity index (χ0n) is 9.96. The average Bonchev–Trinajstić information content (AvgIpc) is 2.86. The Labute approximate surface area is 109 Å². The Kier molecular flexibility index (Phi) is 3.58. The molecule has 0 amide bonds. The minimum absolute atomic E-state index is 0.487. The lowest BCUT2D eigenvalue weighted by Gasteiger charge is -2.06. The zero-order chi connectivity index (χ0) is 13.1. The van der Waals surface area contributed by atoms with Gasteiger partial charge in [-0.2, -0.15) is 0 Å². The van der Waals surface area contributed by atoms with Gasteiger partial charge in [0, 0.05) is 10.9 Å². The van der Waals surface area contributed by atoms with Gasteiger partial charge in [0.1, 0.15) is 5.01 Å². The Morgan fingerprint density at radius 2 is 2.11 bits per heavy atom. The fourth-order valence-electron chi connectivity index (χ4n) is 1.57. The molecule has 0 aliphatic rings. The molecular weight excluding hydrogens is 246 g/mol. The van der Waals surface area contributed by atoms with Gasteiger partial charge in [-0.3, -0.25) is 4.79 Å². The number of rotatable bonds is 4. The molecule has 0 fully saturated rings. The number of carbonyl (C=O) groups is 1. The fourth-order valence-corrected chi connectivity index (χ4v) is 2.38. The van der Waals surface area contributed by atoms with Gasteiger partial charge in [0.25, 0.3) is 0 Å². The van der Waals surface area contributed by atoms with Gasteiger partial charge in [0.15, 0.2) is 0 Å². The Morgan fingerprint density at radius 3 is 2.61 bits per heavy atom. The Bertz CT molecular complexity index is 572. The summed E-state index contributed by atoms with van der Waals surface area (Å²) in [7, 11) is 0. The van der Waals surface area contributed by atoms with Gasteiger partial charge in [-0.25, -0.2) is 4.98 Å². The van der Waals surface area contributed by atoms with Crippen LogP contribution in [-0.2, 0) is 4.79 Å². The van der Waals surface area contributed by atoms with Crippen LogP contribution in [0.5, 0.6) is 0 Å². The van der Waals surface area contributed by atoms with Gasteiger partial charge >= 0.3 is 5.97 Å². The Hall–Kier alpha value is -1.94. The van der Waals surface area contributed by atoms with Crippen molar-refractivity contribution in [1.82, 2.24) is 4.98 Å². The predicted octanol–water partition coefficient (Wildman–Crippen LogP) is 3.64. The second kappa shape index (κ2) is 5.14. The lowest BCUT2D eigenvalue weighted by Crippen LogP contribution is -2.06. The molecule has 1 atom stereocenters. The summed E-state index contributed by atoms with van der Waals surface area (Å²) >= 11 is 1.55. The summed E-state index contributed by atoms with van der Waals surface area (Å²) in [5.41, 5.74) is 2.65. The molecular formula is C14H13NO2S. The number of hydrogen-bond donors (Lipinski definition) is 1. The van der Waals surface area contributed by atoms with Crippen molar-refractivity contribution in [3.05, 3.63) is 47.5 Å². The number of thiazole rings is 1. The molecule has 0 aliphatic heterocycles. The maximum atomic E-state index is 10.9. The maximum absolute atomic E-state index is 10.9. The van der Waals surface area contributed by atoms with Gasteiger partial charge in [-0.05, 0) is 18.6 Å². The van der Waals surface area contributed by atoms with Crippen molar-refractivity contribution in [3.63, 3.8) is 0 Å². The minimum Gasteiger partial charge on any atom is -0.481 e. The first-order valence-corrected chi connectivity index (χ1v) is 6.41. The third-order valence-electron chi connectivity index (χ3n) is 2.76. The predicted molar refractivity (Wildman–Crippen MR) is 73.7 cm³/mol. The molecule has 1 unspecified atom stereocenters. The highest BCUT2D eigenvalue weighted by Gasteiger charge is 2.13. The van der Waals surface area contributed by atoms with E-state index in [2.05, 4.69) is 11.6 Å². The van der Waals surface area contributed by atoms with E-state index in [1.807, 2.05) is 29.6 Å². The molecule has 3 nitrogen and oxygen atoms in total. The summed E-state index contributed by atoms with van der Waals surface area (Å²) in [6.07, 6.45) is 1.71. The summed E-state index contributed by atoms with van der Waals surface area (Å²) in [6, 6.07) is 7.48. The average molecular weight is 259 g/mol. The normalized spacial score (nSPS) is 12.1. The summed E-state index contributed by atoms with van der Waals surface area (Å²) < 4.78 is 0. The maximum Gasteiger partial charge on any atom is 0.310 e. The van der Waals surface area contributed by atoms with E-state index in [4.69, 9.17) is 5.11 Å². The van der Waals surface area contributed by atoms with Crippen LogP contribution in [0, 0.1) is 0 Å². The highest BCUT2D eigenvalue weighted by atomic mass is 32.1. The number of nitrogens with zero attached hydrogens (tertiary/aromatic N) is 1. The topological polar surface area (TPSA) is 50.2 Å². The molecule has 2 aromatic rings. The first kappa shape index (κ1) is 12.5. The van der Waals surface area contributed by atoms with E-state index in [1.165, 1.54) is 0 Å². The third kappa shape index (κ3) is 2.49. The van der Waals surface area contributed by atoms with E-state index >= 15 is 0 Å². The second-order valence-electron chi connectivity index (χ2n) is 3.96. The third-order valence-corrected chi connectivity index (χ3v) is 3.67. The molecule has 18 heavy (non-hydrogen) atoms. The standard InChI is InChI=1S/C14H13NO2S/c1-3-12-8-18-13(15-12)11-6-4-10(5-7-11)9(2)14(16)17/h3-9H,1H2,2H3,(H,16,17). The van der Waals surface area contributed by atoms with Crippen molar-refractivity contribution in [2.24, 2.45) is 0 Å². The lowest BCUT2D eigenvalue weighted by atomic mass is 10.0. The number of carboxylic acid groups (broad SMARTS) is 1. The SMILES string of the molecule is C=Cc1csc(-c2ccc(C(C)C(=O)O)cc2)n1. The number of hydrogen-bond acceptors (Lipinski definition) is 3.